The molecule has 82 valence electrons. The smallest absolute Gasteiger partial charge is 0.191 e. The highest BCUT2D eigenvalue weighted by Crippen LogP contribution is 1.83. The third-order valence-electron chi connectivity index (χ3n) is 1.86. The molecule has 0 bridgehead atoms. The lowest BCUT2D eigenvalue weighted by molar-refractivity contribution is 0.665. The molecule has 0 atom stereocenters. The molecule has 15 heavy (non-hydrogen) atoms. The van der Waals surface area contributed by atoms with Gasteiger partial charge in [-0.05, 0) is 0 Å². The van der Waals surface area contributed by atoms with Crippen molar-refractivity contribution in [1.82, 2.24) is 20.2 Å². The van der Waals surface area contributed by atoms with Crippen LogP contribution in [0.3, 0.4) is 0 Å². The van der Waals surface area contributed by atoms with E-state index in [0.717, 1.165) is 19.0 Å². The van der Waals surface area contributed by atoms with Crippen LogP contribution in [0, 0.1) is 0 Å². The van der Waals surface area contributed by atoms with Gasteiger partial charge in [-0.15, -0.1) is 6.58 Å². The van der Waals surface area contributed by atoms with Gasteiger partial charge in [0.1, 0.15) is 0 Å². The largest absolute Gasteiger partial charge is 0.355 e. The van der Waals surface area contributed by atoms with Crippen LogP contribution in [0.4, 0.5) is 0 Å². The number of aromatic nitrogens is 2. The van der Waals surface area contributed by atoms with Gasteiger partial charge in [0.15, 0.2) is 5.96 Å². The number of imidazole rings is 1. The number of aliphatic imine (C=N–C) groups is 1. The molecule has 1 heterocycles. The van der Waals surface area contributed by atoms with Crippen LogP contribution in [0.25, 0.3) is 0 Å². The summed E-state index contributed by atoms with van der Waals surface area (Å²) in [6.45, 7) is 6.03. The van der Waals surface area contributed by atoms with E-state index in [0.29, 0.717) is 6.54 Å². The first-order valence-electron chi connectivity index (χ1n) is 4.88. The van der Waals surface area contributed by atoms with Crippen LogP contribution in [-0.4, -0.2) is 35.6 Å². The van der Waals surface area contributed by atoms with Crippen molar-refractivity contribution in [3.8, 4) is 0 Å². The molecular weight excluding hydrogens is 190 g/mol. The van der Waals surface area contributed by atoms with Crippen LogP contribution in [0.15, 0.2) is 36.4 Å². The van der Waals surface area contributed by atoms with Crippen molar-refractivity contribution in [2.45, 2.75) is 6.54 Å². The lowest BCUT2D eigenvalue weighted by atomic mass is 10.5. The zero-order valence-corrected chi connectivity index (χ0v) is 8.98. The van der Waals surface area contributed by atoms with Crippen LogP contribution >= 0.6 is 0 Å². The SMILES string of the molecule is C=CCNC(=NC)NCCn1ccnc1. The predicted molar refractivity (Wildman–Crippen MR) is 61.8 cm³/mol. The van der Waals surface area contributed by atoms with E-state index in [-0.39, 0.29) is 0 Å². The van der Waals surface area contributed by atoms with Crippen molar-refractivity contribution in [2.75, 3.05) is 20.1 Å². The summed E-state index contributed by atoms with van der Waals surface area (Å²) in [5, 5.41) is 6.28. The lowest BCUT2D eigenvalue weighted by Crippen LogP contribution is -2.38. The Morgan fingerprint density at radius 3 is 3.07 bits per heavy atom. The molecule has 1 aromatic heterocycles. The van der Waals surface area contributed by atoms with Crippen molar-refractivity contribution in [1.29, 1.82) is 0 Å². The molecule has 0 aliphatic heterocycles. The Balaban J connectivity index is 2.20. The maximum atomic E-state index is 4.07. The summed E-state index contributed by atoms with van der Waals surface area (Å²) in [7, 11) is 1.75. The molecule has 1 rings (SSSR count). The van der Waals surface area contributed by atoms with Crippen molar-refractivity contribution in [2.24, 2.45) is 4.99 Å². The molecule has 1 aromatic rings. The van der Waals surface area contributed by atoms with Crippen LogP contribution in [0.1, 0.15) is 0 Å². The number of hydrogen-bond acceptors (Lipinski definition) is 2. The highest BCUT2D eigenvalue weighted by Gasteiger charge is 1.94. The molecule has 0 saturated heterocycles. The minimum absolute atomic E-state index is 0.713. The second-order valence-corrected chi connectivity index (χ2v) is 2.97. The molecule has 2 N–H and O–H groups in total. The van der Waals surface area contributed by atoms with Crippen molar-refractivity contribution < 1.29 is 0 Å². The molecular formula is C10H17N5. The van der Waals surface area contributed by atoms with E-state index in [4.69, 9.17) is 0 Å². The number of hydrogen-bond donors (Lipinski definition) is 2. The van der Waals surface area contributed by atoms with Gasteiger partial charge in [-0.1, -0.05) is 6.08 Å². The Hall–Kier alpha value is -1.78. The highest BCUT2D eigenvalue weighted by molar-refractivity contribution is 5.79. The van der Waals surface area contributed by atoms with E-state index in [1.54, 1.807) is 25.6 Å². The Labute approximate surface area is 89.9 Å². The van der Waals surface area contributed by atoms with E-state index in [9.17, 15) is 0 Å². The van der Waals surface area contributed by atoms with Gasteiger partial charge in [0, 0.05) is 39.1 Å². The average molecular weight is 207 g/mol. The third-order valence-corrected chi connectivity index (χ3v) is 1.86. The van der Waals surface area contributed by atoms with Gasteiger partial charge >= 0.3 is 0 Å². The van der Waals surface area contributed by atoms with Gasteiger partial charge in [0.05, 0.1) is 6.33 Å². The average Bonchev–Trinajstić information content (AvgIpc) is 2.76. The summed E-state index contributed by atoms with van der Waals surface area (Å²) in [6.07, 6.45) is 7.29. The first-order valence-corrected chi connectivity index (χ1v) is 4.88. The van der Waals surface area contributed by atoms with E-state index >= 15 is 0 Å². The minimum Gasteiger partial charge on any atom is -0.355 e. The van der Waals surface area contributed by atoms with Crippen LogP contribution in [-0.2, 0) is 6.54 Å². The summed E-state index contributed by atoms with van der Waals surface area (Å²) in [4.78, 5) is 8.03. The Morgan fingerprint density at radius 1 is 1.60 bits per heavy atom. The normalized spacial score (nSPS) is 11.1. The van der Waals surface area contributed by atoms with Crippen LogP contribution in [0.5, 0.6) is 0 Å². The molecule has 0 unspecified atom stereocenters. The quantitative estimate of drug-likeness (QED) is 0.413. The lowest BCUT2D eigenvalue weighted by Gasteiger charge is -2.10. The van der Waals surface area contributed by atoms with Crippen molar-refractivity contribution >= 4 is 5.96 Å². The predicted octanol–water partition coefficient (Wildman–Crippen LogP) is 0.234. The van der Waals surface area contributed by atoms with Crippen molar-refractivity contribution in [3.05, 3.63) is 31.4 Å². The van der Waals surface area contributed by atoms with Gasteiger partial charge in [-0.2, -0.15) is 0 Å². The molecule has 0 fully saturated rings. The molecule has 0 amide bonds. The third kappa shape index (κ3) is 4.30. The second-order valence-electron chi connectivity index (χ2n) is 2.97. The molecule has 0 radical (unpaired) electrons. The minimum atomic E-state index is 0.713. The molecule has 0 spiro atoms. The molecule has 0 aliphatic carbocycles. The van der Waals surface area contributed by atoms with Crippen LogP contribution < -0.4 is 10.6 Å². The fourth-order valence-corrected chi connectivity index (χ4v) is 1.11. The van der Waals surface area contributed by atoms with E-state index in [1.165, 1.54) is 0 Å². The zero-order chi connectivity index (χ0) is 10.9. The Bertz CT molecular complexity index is 302. The number of nitrogens with zero attached hydrogens (tertiary/aromatic N) is 3. The summed E-state index contributed by atoms with van der Waals surface area (Å²) >= 11 is 0. The van der Waals surface area contributed by atoms with E-state index in [2.05, 4.69) is 27.2 Å². The number of rotatable bonds is 5. The number of nitrogens with one attached hydrogen (secondary N) is 2. The Morgan fingerprint density at radius 2 is 2.47 bits per heavy atom. The summed E-state index contributed by atoms with van der Waals surface area (Å²) in [5.41, 5.74) is 0. The first kappa shape index (κ1) is 11.3. The molecule has 5 nitrogen and oxygen atoms in total. The monoisotopic (exact) mass is 207 g/mol. The summed E-state index contributed by atoms with van der Waals surface area (Å²) < 4.78 is 2.01. The summed E-state index contributed by atoms with van der Waals surface area (Å²) in [6, 6.07) is 0. The molecule has 5 heteroatoms. The molecule has 0 aliphatic rings. The first-order chi connectivity index (χ1) is 7.36. The van der Waals surface area contributed by atoms with Gasteiger partial charge in [0.25, 0.3) is 0 Å². The topological polar surface area (TPSA) is 54.2 Å². The van der Waals surface area contributed by atoms with E-state index < -0.39 is 0 Å². The molecule has 0 saturated carbocycles. The van der Waals surface area contributed by atoms with Gasteiger partial charge in [0.2, 0.25) is 0 Å². The fourth-order valence-electron chi connectivity index (χ4n) is 1.11. The van der Waals surface area contributed by atoms with E-state index in [1.807, 2.05) is 10.8 Å². The maximum absolute atomic E-state index is 4.07. The fraction of sp³-hybridized carbons (Fsp3) is 0.400. The molecule has 0 aromatic carbocycles. The zero-order valence-electron chi connectivity index (χ0n) is 8.98. The summed E-state index contributed by atoms with van der Waals surface area (Å²) in [5.74, 6) is 0.787. The van der Waals surface area contributed by atoms with Gasteiger partial charge in [-0.3, -0.25) is 4.99 Å². The van der Waals surface area contributed by atoms with Gasteiger partial charge < -0.3 is 15.2 Å². The maximum Gasteiger partial charge on any atom is 0.191 e. The highest BCUT2D eigenvalue weighted by atomic mass is 15.2. The second kappa shape index (κ2) is 6.64. The van der Waals surface area contributed by atoms with Crippen molar-refractivity contribution in [3.63, 3.8) is 0 Å². The standard InChI is InChI=1S/C10H17N5/c1-3-4-13-10(11-2)14-6-8-15-7-5-12-9-15/h3,5,7,9H,1,4,6,8H2,2H3,(H2,11,13,14). The number of guanidine groups is 1. The Kier molecular flexibility index (Phi) is 5.00. The van der Waals surface area contributed by atoms with Crippen LogP contribution in [0.2, 0.25) is 0 Å². The van der Waals surface area contributed by atoms with Gasteiger partial charge in [-0.25, -0.2) is 4.98 Å².